The highest BCUT2D eigenvalue weighted by Gasteiger charge is 2.09. The largest absolute Gasteiger partial charge is 0.357 e. The monoisotopic (exact) mass is 328 g/mol. The predicted octanol–water partition coefficient (Wildman–Crippen LogP) is 3.39. The van der Waals surface area contributed by atoms with E-state index in [-0.39, 0.29) is 11.9 Å². The van der Waals surface area contributed by atoms with E-state index in [4.69, 9.17) is 0 Å². The van der Waals surface area contributed by atoms with Gasteiger partial charge in [0.05, 0.1) is 6.04 Å². The molecule has 1 heterocycles. The number of aromatic nitrogens is 1. The Hall–Kier alpha value is -2.43. The first kappa shape index (κ1) is 17.9. The molecule has 1 unspecified atom stereocenters. The molecule has 2 N–H and O–H groups in total. The van der Waals surface area contributed by atoms with E-state index < -0.39 is 0 Å². The molecule has 1 atom stereocenters. The molecule has 0 fully saturated rings. The molecule has 0 radical (unpaired) electrons. The highest BCUT2D eigenvalue weighted by Crippen LogP contribution is 2.16. The van der Waals surface area contributed by atoms with Crippen LogP contribution in [-0.4, -0.2) is 24.0 Å². The van der Waals surface area contributed by atoms with Crippen molar-refractivity contribution in [3.05, 3.63) is 65.2 Å². The van der Waals surface area contributed by atoms with Crippen LogP contribution in [-0.2, 0) is 6.42 Å². The van der Waals surface area contributed by atoms with Gasteiger partial charge in [-0.05, 0) is 50.1 Å². The Labute approximate surface area is 143 Å². The summed E-state index contributed by atoms with van der Waals surface area (Å²) in [5.74, 6) is 0.542. The van der Waals surface area contributed by atoms with E-state index in [1.165, 1.54) is 0 Å². The molecule has 24 heavy (non-hydrogen) atoms. The summed E-state index contributed by atoms with van der Waals surface area (Å²) in [5.41, 5.74) is 2.57. The van der Waals surface area contributed by atoms with Crippen molar-refractivity contribution in [1.29, 1.82) is 0 Å². The van der Waals surface area contributed by atoms with Crippen molar-refractivity contribution in [2.24, 2.45) is 4.99 Å². The average molecular weight is 328 g/mol. The Balaban J connectivity index is 1.98. The quantitative estimate of drug-likeness (QED) is 0.631. The number of aryl methyl sites for hydroxylation is 1. The highest BCUT2D eigenvalue weighted by molar-refractivity contribution is 5.80. The Morgan fingerprint density at radius 1 is 1.29 bits per heavy atom. The maximum Gasteiger partial charge on any atom is 0.191 e. The summed E-state index contributed by atoms with van der Waals surface area (Å²) >= 11 is 0. The van der Waals surface area contributed by atoms with Crippen molar-refractivity contribution >= 4 is 5.96 Å². The van der Waals surface area contributed by atoms with Gasteiger partial charge in [0.1, 0.15) is 5.82 Å². The van der Waals surface area contributed by atoms with Crippen molar-refractivity contribution in [3.8, 4) is 0 Å². The van der Waals surface area contributed by atoms with E-state index in [2.05, 4.69) is 20.6 Å². The van der Waals surface area contributed by atoms with Crippen molar-refractivity contribution in [3.63, 3.8) is 0 Å². The van der Waals surface area contributed by atoms with Crippen LogP contribution >= 0.6 is 0 Å². The number of guanidine groups is 1. The lowest BCUT2D eigenvalue weighted by atomic mass is 10.1. The van der Waals surface area contributed by atoms with Gasteiger partial charge in [-0.1, -0.05) is 18.2 Å². The number of pyridine rings is 1. The van der Waals surface area contributed by atoms with Gasteiger partial charge >= 0.3 is 0 Å². The molecule has 1 aromatic heterocycles. The molecule has 0 aliphatic carbocycles. The number of aliphatic imine (C=N–C) groups is 1. The van der Waals surface area contributed by atoms with E-state index in [1.807, 2.05) is 38.1 Å². The van der Waals surface area contributed by atoms with Crippen LogP contribution in [0.4, 0.5) is 4.39 Å². The third-order valence-corrected chi connectivity index (χ3v) is 3.76. The first-order chi connectivity index (χ1) is 11.6. The molecule has 2 rings (SSSR count). The molecular weight excluding hydrogens is 303 g/mol. The van der Waals surface area contributed by atoms with Crippen LogP contribution < -0.4 is 10.6 Å². The summed E-state index contributed by atoms with van der Waals surface area (Å²) in [6.07, 6.45) is 2.57. The molecule has 5 heteroatoms. The van der Waals surface area contributed by atoms with Gasteiger partial charge in [-0.25, -0.2) is 4.39 Å². The Morgan fingerprint density at radius 3 is 2.79 bits per heavy atom. The molecule has 128 valence electrons. The zero-order valence-electron chi connectivity index (χ0n) is 14.5. The van der Waals surface area contributed by atoms with Gasteiger partial charge < -0.3 is 10.6 Å². The highest BCUT2D eigenvalue weighted by atomic mass is 19.1. The number of rotatable bonds is 6. The number of hydrogen-bond donors (Lipinski definition) is 2. The number of benzene rings is 1. The van der Waals surface area contributed by atoms with Gasteiger partial charge in [0.25, 0.3) is 0 Å². The van der Waals surface area contributed by atoms with E-state index in [9.17, 15) is 4.39 Å². The Bertz CT molecular complexity index is 670. The molecule has 0 aliphatic heterocycles. The fraction of sp³-hybridized carbons (Fsp3) is 0.368. The fourth-order valence-electron chi connectivity index (χ4n) is 2.32. The predicted molar refractivity (Wildman–Crippen MR) is 96.6 cm³/mol. The molecule has 0 bridgehead atoms. The first-order valence-electron chi connectivity index (χ1n) is 8.31. The lowest BCUT2D eigenvalue weighted by Gasteiger charge is -2.18. The molecular formula is C19H25FN4. The number of halogens is 1. The summed E-state index contributed by atoms with van der Waals surface area (Å²) < 4.78 is 13.7. The van der Waals surface area contributed by atoms with Crippen LogP contribution in [0.15, 0.2) is 47.6 Å². The van der Waals surface area contributed by atoms with Crippen LogP contribution in [0.1, 0.15) is 36.7 Å². The van der Waals surface area contributed by atoms with Gasteiger partial charge in [0.15, 0.2) is 5.96 Å². The first-order valence-corrected chi connectivity index (χ1v) is 8.31. The van der Waals surface area contributed by atoms with Crippen molar-refractivity contribution in [2.45, 2.75) is 33.2 Å². The normalized spacial score (nSPS) is 12.8. The zero-order valence-corrected chi connectivity index (χ0v) is 14.5. The second kappa shape index (κ2) is 9.01. The lowest BCUT2D eigenvalue weighted by molar-refractivity contribution is 0.607. The molecule has 0 spiro atoms. The van der Waals surface area contributed by atoms with Crippen LogP contribution in [0.5, 0.6) is 0 Å². The number of nitrogens with one attached hydrogen (secondary N) is 2. The van der Waals surface area contributed by atoms with Gasteiger partial charge in [0, 0.05) is 31.4 Å². The van der Waals surface area contributed by atoms with Crippen LogP contribution in [0.2, 0.25) is 0 Å². The fourth-order valence-corrected chi connectivity index (χ4v) is 2.32. The average Bonchev–Trinajstić information content (AvgIpc) is 2.58. The van der Waals surface area contributed by atoms with Crippen molar-refractivity contribution < 1.29 is 4.39 Å². The summed E-state index contributed by atoms with van der Waals surface area (Å²) in [4.78, 5) is 8.87. The molecule has 0 aliphatic rings. The molecule has 0 amide bonds. The van der Waals surface area contributed by atoms with Crippen molar-refractivity contribution in [1.82, 2.24) is 15.6 Å². The minimum absolute atomic E-state index is 0.0345. The summed E-state index contributed by atoms with van der Waals surface area (Å²) in [6.45, 7) is 7.19. The standard InChI is InChI=1S/C19H25FN4/c1-4-21-19(23-12-10-17-7-5-6-11-22-17)24-15(3)16-9-8-14(2)18(20)13-16/h5-9,11,13,15H,4,10,12H2,1-3H3,(H2,21,23,24). The third kappa shape index (κ3) is 5.33. The van der Waals surface area contributed by atoms with Gasteiger partial charge in [-0.2, -0.15) is 0 Å². The Morgan fingerprint density at radius 2 is 2.12 bits per heavy atom. The van der Waals surface area contributed by atoms with E-state index in [1.54, 1.807) is 25.3 Å². The maximum absolute atomic E-state index is 13.7. The van der Waals surface area contributed by atoms with Crippen LogP contribution in [0.25, 0.3) is 0 Å². The molecule has 0 saturated heterocycles. The van der Waals surface area contributed by atoms with Gasteiger partial charge in [0.2, 0.25) is 0 Å². The van der Waals surface area contributed by atoms with Crippen LogP contribution in [0, 0.1) is 12.7 Å². The van der Waals surface area contributed by atoms with Gasteiger partial charge in [-0.3, -0.25) is 9.98 Å². The summed E-state index contributed by atoms with van der Waals surface area (Å²) in [6, 6.07) is 11.1. The van der Waals surface area contributed by atoms with E-state index >= 15 is 0 Å². The second-order valence-corrected chi connectivity index (χ2v) is 5.71. The zero-order chi connectivity index (χ0) is 17.4. The lowest BCUT2D eigenvalue weighted by Crippen LogP contribution is -2.39. The molecule has 4 nitrogen and oxygen atoms in total. The molecule has 2 aromatic rings. The van der Waals surface area contributed by atoms with Gasteiger partial charge in [-0.15, -0.1) is 0 Å². The van der Waals surface area contributed by atoms with E-state index in [0.29, 0.717) is 12.1 Å². The van der Waals surface area contributed by atoms with E-state index in [0.717, 1.165) is 30.2 Å². The minimum atomic E-state index is -0.182. The number of hydrogen-bond acceptors (Lipinski definition) is 2. The smallest absolute Gasteiger partial charge is 0.191 e. The topological polar surface area (TPSA) is 49.3 Å². The number of nitrogens with zero attached hydrogens (tertiary/aromatic N) is 2. The SMILES string of the molecule is CCNC(=NCCc1ccccn1)NC(C)c1ccc(C)c(F)c1. The molecule has 1 aromatic carbocycles. The Kier molecular flexibility index (Phi) is 6.73. The minimum Gasteiger partial charge on any atom is -0.357 e. The van der Waals surface area contributed by atoms with Crippen LogP contribution in [0.3, 0.4) is 0 Å². The third-order valence-electron chi connectivity index (χ3n) is 3.76. The van der Waals surface area contributed by atoms with Crippen molar-refractivity contribution in [2.75, 3.05) is 13.1 Å². The summed E-state index contributed by atoms with van der Waals surface area (Å²) in [5, 5.41) is 6.54. The maximum atomic E-state index is 13.7. The molecule has 0 saturated carbocycles. The second-order valence-electron chi connectivity index (χ2n) is 5.71. The summed E-state index contributed by atoms with van der Waals surface area (Å²) in [7, 11) is 0.